The van der Waals surface area contributed by atoms with Gasteiger partial charge < -0.3 is 10.5 Å². The van der Waals surface area contributed by atoms with Crippen LogP contribution in [0.5, 0.6) is 0 Å². The predicted octanol–water partition coefficient (Wildman–Crippen LogP) is 3.67. The fourth-order valence-corrected chi connectivity index (χ4v) is 4.93. The number of hydrogen-bond donors (Lipinski definition) is 1. The fourth-order valence-electron chi connectivity index (χ4n) is 4.93. The molecule has 2 aliphatic carbocycles. The molecule has 0 saturated heterocycles. The van der Waals surface area contributed by atoms with E-state index in [0.29, 0.717) is 18.3 Å². The number of fused-ring (bicyclic) bond motifs is 1. The van der Waals surface area contributed by atoms with Crippen molar-refractivity contribution in [1.29, 1.82) is 0 Å². The van der Waals surface area contributed by atoms with Gasteiger partial charge in [-0.05, 0) is 24.3 Å². The van der Waals surface area contributed by atoms with Crippen LogP contribution in [0.2, 0.25) is 0 Å². The van der Waals surface area contributed by atoms with Gasteiger partial charge in [0.15, 0.2) is 5.69 Å². The van der Waals surface area contributed by atoms with Gasteiger partial charge in [0.05, 0.1) is 5.69 Å². The van der Waals surface area contributed by atoms with Crippen LogP contribution < -0.4 is 5.73 Å². The zero-order chi connectivity index (χ0) is 18.9. The lowest BCUT2D eigenvalue weighted by Crippen LogP contribution is -2.39. The van der Waals surface area contributed by atoms with Crippen LogP contribution >= 0.6 is 0 Å². The minimum Gasteiger partial charge on any atom is -0.364 e. The van der Waals surface area contributed by atoms with Gasteiger partial charge in [0, 0.05) is 24.5 Å². The highest BCUT2D eigenvalue weighted by Gasteiger charge is 2.42. The lowest BCUT2D eigenvalue weighted by atomic mass is 9.61. The molecular formula is C22H27N3O2. The highest BCUT2D eigenvalue weighted by atomic mass is 16.5. The summed E-state index contributed by atoms with van der Waals surface area (Å²) in [4.78, 5) is 11.9. The number of benzene rings is 1. The van der Waals surface area contributed by atoms with E-state index in [1.54, 1.807) is 11.8 Å². The first-order chi connectivity index (χ1) is 13.2. The van der Waals surface area contributed by atoms with Gasteiger partial charge in [-0.3, -0.25) is 4.79 Å². The number of amides is 1. The highest BCUT2D eigenvalue weighted by molar-refractivity contribution is 5.95. The van der Waals surface area contributed by atoms with E-state index >= 15 is 0 Å². The lowest BCUT2D eigenvalue weighted by molar-refractivity contribution is 0.0985. The van der Waals surface area contributed by atoms with Crippen molar-refractivity contribution in [3.63, 3.8) is 0 Å². The third kappa shape index (κ3) is 3.10. The van der Waals surface area contributed by atoms with Gasteiger partial charge in [0.1, 0.15) is 6.73 Å². The Hall–Kier alpha value is -2.40. The van der Waals surface area contributed by atoms with Gasteiger partial charge in [-0.2, -0.15) is 5.10 Å². The Kier molecular flexibility index (Phi) is 4.87. The van der Waals surface area contributed by atoms with E-state index in [0.717, 1.165) is 17.7 Å². The van der Waals surface area contributed by atoms with Crippen LogP contribution in [0.1, 0.15) is 59.4 Å². The summed E-state index contributed by atoms with van der Waals surface area (Å²) in [5.74, 6) is 0.0941. The summed E-state index contributed by atoms with van der Waals surface area (Å²) >= 11 is 0. The Morgan fingerprint density at radius 2 is 2.00 bits per heavy atom. The quantitative estimate of drug-likeness (QED) is 0.879. The molecule has 1 heterocycles. The third-order valence-electron chi connectivity index (χ3n) is 6.24. The summed E-state index contributed by atoms with van der Waals surface area (Å²) in [6.07, 6.45) is 11.5. The fraction of sp³-hybridized carbons (Fsp3) is 0.455. The summed E-state index contributed by atoms with van der Waals surface area (Å²) in [6, 6.07) is 10.8. The van der Waals surface area contributed by atoms with Gasteiger partial charge in [-0.25, -0.2) is 4.68 Å². The Bertz CT molecular complexity index is 850. The summed E-state index contributed by atoms with van der Waals surface area (Å²) in [7, 11) is 1.64. The molecule has 5 nitrogen and oxygen atoms in total. The summed E-state index contributed by atoms with van der Waals surface area (Å²) < 4.78 is 7.14. The Labute approximate surface area is 160 Å². The monoisotopic (exact) mass is 365 g/mol. The van der Waals surface area contributed by atoms with Crippen LogP contribution in [-0.4, -0.2) is 22.8 Å². The molecule has 2 aromatic rings. The second kappa shape index (κ2) is 7.31. The van der Waals surface area contributed by atoms with Crippen molar-refractivity contribution < 1.29 is 9.53 Å². The van der Waals surface area contributed by atoms with E-state index in [-0.39, 0.29) is 5.41 Å². The second-order valence-corrected chi connectivity index (χ2v) is 7.74. The molecule has 4 rings (SSSR count). The maximum Gasteiger partial charge on any atom is 0.269 e. The third-order valence-corrected chi connectivity index (χ3v) is 6.24. The van der Waals surface area contributed by atoms with E-state index < -0.39 is 5.91 Å². The molecule has 1 unspecified atom stereocenters. The van der Waals surface area contributed by atoms with Crippen LogP contribution in [0, 0.1) is 5.92 Å². The molecule has 0 bridgehead atoms. The number of primary amides is 1. The molecule has 1 aromatic heterocycles. The van der Waals surface area contributed by atoms with Crippen LogP contribution in [0.4, 0.5) is 0 Å². The molecule has 1 amide bonds. The number of allylic oxidation sites excluding steroid dienone is 1. The number of nitrogens with two attached hydrogens (primary N) is 1. The first-order valence-corrected chi connectivity index (χ1v) is 9.79. The van der Waals surface area contributed by atoms with Gasteiger partial charge in [0.2, 0.25) is 0 Å². The van der Waals surface area contributed by atoms with Crippen molar-refractivity contribution in [3.8, 4) is 0 Å². The molecule has 2 aliphatic rings. The highest BCUT2D eigenvalue weighted by Crippen LogP contribution is 2.47. The van der Waals surface area contributed by atoms with Crippen molar-refractivity contribution in [2.75, 3.05) is 7.11 Å². The normalized spacial score (nSPS) is 22.6. The van der Waals surface area contributed by atoms with Crippen LogP contribution in [-0.2, 0) is 23.3 Å². The van der Waals surface area contributed by atoms with E-state index in [9.17, 15) is 4.79 Å². The van der Waals surface area contributed by atoms with Crippen LogP contribution in [0.15, 0.2) is 36.4 Å². The number of carbonyl (C=O) groups excluding carboxylic acids is 1. The molecule has 1 saturated carbocycles. The molecule has 5 heteroatoms. The Morgan fingerprint density at radius 1 is 1.26 bits per heavy atom. The number of carbonyl (C=O) groups is 1. The lowest BCUT2D eigenvalue weighted by Gasteiger charge is -2.43. The topological polar surface area (TPSA) is 70.1 Å². The number of aromatic nitrogens is 2. The Balaban J connectivity index is 1.84. The smallest absolute Gasteiger partial charge is 0.269 e. The molecule has 1 aromatic carbocycles. The van der Waals surface area contributed by atoms with Gasteiger partial charge >= 0.3 is 0 Å². The van der Waals surface area contributed by atoms with Crippen molar-refractivity contribution in [2.45, 2.75) is 50.7 Å². The standard InChI is InChI=1S/C22H27N3O2/c1-27-15-25-19-14-22(16-8-4-2-5-9-16,17-10-6-3-7-11-17)13-12-18(19)20(24-25)21(23)26/h2,4-5,8-9,12-13,17H,3,6-7,10-11,14-15H2,1H3,(H2,23,26). The van der Waals surface area contributed by atoms with Gasteiger partial charge in [-0.1, -0.05) is 61.7 Å². The van der Waals surface area contributed by atoms with Crippen LogP contribution in [0.25, 0.3) is 6.08 Å². The Morgan fingerprint density at radius 3 is 2.67 bits per heavy atom. The average molecular weight is 365 g/mol. The molecule has 0 aliphatic heterocycles. The van der Waals surface area contributed by atoms with Crippen molar-refractivity contribution in [3.05, 3.63) is 58.9 Å². The molecule has 1 atom stereocenters. The molecular weight excluding hydrogens is 338 g/mol. The molecule has 0 spiro atoms. The second-order valence-electron chi connectivity index (χ2n) is 7.74. The largest absolute Gasteiger partial charge is 0.364 e. The number of methoxy groups -OCH3 is 1. The summed E-state index contributed by atoms with van der Waals surface area (Å²) in [5, 5.41) is 4.45. The first kappa shape index (κ1) is 18.0. The molecule has 1 fully saturated rings. The number of hydrogen-bond acceptors (Lipinski definition) is 3. The first-order valence-electron chi connectivity index (χ1n) is 9.79. The minimum absolute atomic E-state index is 0.0743. The average Bonchev–Trinajstić information content (AvgIpc) is 3.07. The molecule has 2 N–H and O–H groups in total. The number of rotatable bonds is 5. The number of nitrogens with zero attached hydrogens (tertiary/aromatic N) is 2. The van der Waals surface area contributed by atoms with Crippen molar-refractivity contribution >= 4 is 12.0 Å². The summed E-state index contributed by atoms with van der Waals surface area (Å²) in [6.45, 7) is 0.318. The zero-order valence-electron chi connectivity index (χ0n) is 15.9. The predicted molar refractivity (Wildman–Crippen MR) is 105 cm³/mol. The van der Waals surface area contributed by atoms with Crippen molar-refractivity contribution in [1.82, 2.24) is 9.78 Å². The molecule has 0 radical (unpaired) electrons. The van der Waals surface area contributed by atoms with E-state index in [1.807, 2.05) is 0 Å². The maximum absolute atomic E-state index is 11.9. The van der Waals surface area contributed by atoms with E-state index in [1.165, 1.54) is 37.7 Å². The van der Waals surface area contributed by atoms with E-state index in [2.05, 4.69) is 47.6 Å². The van der Waals surface area contributed by atoms with Gasteiger partial charge in [0.25, 0.3) is 5.91 Å². The van der Waals surface area contributed by atoms with E-state index in [4.69, 9.17) is 10.5 Å². The van der Waals surface area contributed by atoms with Crippen LogP contribution in [0.3, 0.4) is 0 Å². The van der Waals surface area contributed by atoms with Gasteiger partial charge in [-0.15, -0.1) is 0 Å². The van der Waals surface area contributed by atoms with Crippen molar-refractivity contribution in [2.24, 2.45) is 11.7 Å². The molecule has 27 heavy (non-hydrogen) atoms. The zero-order valence-corrected chi connectivity index (χ0v) is 15.9. The minimum atomic E-state index is -0.490. The SMILES string of the molecule is COCn1nc(C(N)=O)c2c1CC(c1ccccc1)(C1CCCCC1)C=C2. The summed E-state index contributed by atoms with van der Waals surface area (Å²) in [5.41, 5.74) is 9.07. The maximum atomic E-state index is 11.9. The number of ether oxygens (including phenoxy) is 1. The molecule has 142 valence electrons.